The molecular formula is C27H25F3N2O2. The number of anilines is 1. The Morgan fingerprint density at radius 3 is 2.50 bits per heavy atom. The highest BCUT2D eigenvalue weighted by Crippen LogP contribution is 2.39. The summed E-state index contributed by atoms with van der Waals surface area (Å²) in [5.41, 5.74) is 3.33. The normalized spacial score (nSPS) is 11.5. The number of nitrogens with one attached hydrogen (secondary N) is 1. The highest BCUT2D eigenvalue weighted by Gasteiger charge is 2.33. The van der Waals surface area contributed by atoms with Crippen molar-refractivity contribution in [1.29, 1.82) is 0 Å². The lowest BCUT2D eigenvalue weighted by Gasteiger charge is -2.16. The second-order valence-electron chi connectivity index (χ2n) is 7.83. The molecule has 0 unspecified atom stereocenters. The number of halogens is 3. The number of hydrogen-bond donors (Lipinski definition) is 1. The van der Waals surface area contributed by atoms with Crippen LogP contribution in [0.15, 0.2) is 66.9 Å². The molecule has 4 nitrogen and oxygen atoms in total. The van der Waals surface area contributed by atoms with Gasteiger partial charge in [0, 0.05) is 29.4 Å². The molecule has 0 amide bonds. The lowest BCUT2D eigenvalue weighted by Crippen LogP contribution is -2.07. The minimum absolute atomic E-state index is 0.0494. The summed E-state index contributed by atoms with van der Waals surface area (Å²) in [6.45, 7) is 4.77. The third-order valence-electron chi connectivity index (χ3n) is 5.60. The van der Waals surface area contributed by atoms with Gasteiger partial charge in [0.25, 0.3) is 0 Å². The van der Waals surface area contributed by atoms with E-state index in [0.29, 0.717) is 30.0 Å². The van der Waals surface area contributed by atoms with Crippen LogP contribution in [0.5, 0.6) is 11.5 Å². The van der Waals surface area contributed by atoms with E-state index in [2.05, 4.69) is 10.3 Å². The molecule has 3 aromatic carbocycles. The van der Waals surface area contributed by atoms with Gasteiger partial charge in [-0.25, -0.2) is 0 Å². The third kappa shape index (κ3) is 4.64. The van der Waals surface area contributed by atoms with Crippen LogP contribution in [0, 0.1) is 6.92 Å². The molecule has 0 atom stereocenters. The van der Waals surface area contributed by atoms with Gasteiger partial charge in [-0.3, -0.25) is 4.98 Å². The maximum atomic E-state index is 13.6. The molecule has 0 radical (unpaired) electrons. The van der Waals surface area contributed by atoms with Crippen molar-refractivity contribution in [2.24, 2.45) is 0 Å². The van der Waals surface area contributed by atoms with E-state index >= 15 is 0 Å². The van der Waals surface area contributed by atoms with Crippen LogP contribution in [-0.2, 0) is 12.7 Å². The first-order valence-electron chi connectivity index (χ1n) is 10.9. The number of hydrogen-bond acceptors (Lipinski definition) is 4. The average Bonchev–Trinajstić information content (AvgIpc) is 2.82. The molecule has 1 aromatic heterocycles. The van der Waals surface area contributed by atoms with Gasteiger partial charge in [-0.1, -0.05) is 36.4 Å². The molecule has 0 aliphatic rings. The van der Waals surface area contributed by atoms with E-state index in [1.807, 2.05) is 56.3 Å². The molecule has 0 aliphatic carbocycles. The largest absolute Gasteiger partial charge is 0.493 e. The second kappa shape index (κ2) is 9.63. The van der Waals surface area contributed by atoms with Crippen LogP contribution in [0.2, 0.25) is 0 Å². The minimum Gasteiger partial charge on any atom is -0.493 e. The molecular weight excluding hydrogens is 441 g/mol. The van der Waals surface area contributed by atoms with Crippen molar-refractivity contribution in [3.63, 3.8) is 0 Å². The molecule has 0 saturated carbocycles. The molecule has 176 valence electrons. The Kier molecular flexibility index (Phi) is 6.63. The van der Waals surface area contributed by atoms with E-state index in [9.17, 15) is 13.2 Å². The summed E-state index contributed by atoms with van der Waals surface area (Å²) in [4.78, 5) is 4.11. The molecule has 34 heavy (non-hydrogen) atoms. The molecule has 4 aromatic rings. The first-order valence-corrected chi connectivity index (χ1v) is 10.9. The van der Waals surface area contributed by atoms with Crippen molar-refractivity contribution in [3.05, 3.63) is 83.6 Å². The van der Waals surface area contributed by atoms with Gasteiger partial charge in [0.1, 0.15) is 0 Å². The van der Waals surface area contributed by atoms with Crippen molar-refractivity contribution in [3.8, 4) is 22.6 Å². The summed E-state index contributed by atoms with van der Waals surface area (Å²) < 4.78 is 51.8. The molecule has 7 heteroatoms. The van der Waals surface area contributed by atoms with Gasteiger partial charge < -0.3 is 14.8 Å². The van der Waals surface area contributed by atoms with Crippen molar-refractivity contribution < 1.29 is 22.6 Å². The Bertz CT molecular complexity index is 1320. The van der Waals surface area contributed by atoms with E-state index in [4.69, 9.17) is 9.47 Å². The van der Waals surface area contributed by atoms with E-state index in [1.54, 1.807) is 13.2 Å². The number of fused-ring (bicyclic) bond motifs is 1. The number of nitrogens with zero attached hydrogens (tertiary/aromatic N) is 1. The first-order chi connectivity index (χ1) is 16.3. The maximum Gasteiger partial charge on any atom is 0.418 e. The Morgan fingerprint density at radius 2 is 1.76 bits per heavy atom. The standard InChI is InChI=1S/C27H25F3N2O2/c1-4-34-26-19(9-6-13-23(26)33-3)16-31-20-10-5-8-18(14-20)24-17(2)15-32-25-21(24)11-7-12-22(25)27(28,29)30/h5-15,31H,4,16H2,1-3H3. The van der Waals surface area contributed by atoms with Gasteiger partial charge in [0.2, 0.25) is 0 Å². The van der Waals surface area contributed by atoms with Gasteiger partial charge >= 0.3 is 6.18 Å². The van der Waals surface area contributed by atoms with Crippen molar-refractivity contribution in [2.75, 3.05) is 19.0 Å². The lowest BCUT2D eigenvalue weighted by atomic mass is 9.95. The molecule has 0 fully saturated rings. The fraction of sp³-hybridized carbons (Fsp3) is 0.222. The zero-order chi connectivity index (χ0) is 24.3. The van der Waals surface area contributed by atoms with E-state index in [0.717, 1.165) is 34.0 Å². The number of pyridine rings is 1. The first kappa shape index (κ1) is 23.4. The topological polar surface area (TPSA) is 43.4 Å². The van der Waals surface area contributed by atoms with Crippen molar-refractivity contribution in [1.82, 2.24) is 4.98 Å². The number of alkyl halides is 3. The zero-order valence-electron chi connectivity index (χ0n) is 19.2. The molecule has 4 rings (SSSR count). The number of aryl methyl sites for hydroxylation is 1. The van der Waals surface area contributed by atoms with Crippen LogP contribution in [-0.4, -0.2) is 18.7 Å². The smallest absolute Gasteiger partial charge is 0.418 e. The van der Waals surface area contributed by atoms with Gasteiger partial charge in [0.05, 0.1) is 24.8 Å². The number of benzene rings is 3. The SMILES string of the molecule is CCOc1c(CNc2cccc(-c3c(C)cnc4c(C(F)(F)F)cccc34)c2)cccc1OC. The quantitative estimate of drug-likeness (QED) is 0.312. The molecule has 1 N–H and O–H groups in total. The summed E-state index contributed by atoms with van der Waals surface area (Å²) in [6.07, 6.45) is -2.98. The zero-order valence-corrected chi connectivity index (χ0v) is 19.2. The Morgan fingerprint density at radius 1 is 1.00 bits per heavy atom. The lowest BCUT2D eigenvalue weighted by molar-refractivity contribution is -0.136. The number of rotatable bonds is 7. The Balaban J connectivity index is 1.70. The average molecular weight is 467 g/mol. The van der Waals surface area contributed by atoms with Crippen LogP contribution in [0.1, 0.15) is 23.6 Å². The molecule has 1 heterocycles. The monoisotopic (exact) mass is 466 g/mol. The van der Waals surface area contributed by atoms with E-state index in [-0.39, 0.29) is 5.52 Å². The molecule has 0 aliphatic heterocycles. The Labute approximate surface area is 196 Å². The predicted octanol–water partition coefficient (Wildman–Crippen LogP) is 7.25. The fourth-order valence-corrected chi connectivity index (χ4v) is 4.09. The molecule has 0 saturated heterocycles. The Hall–Kier alpha value is -3.74. The summed E-state index contributed by atoms with van der Waals surface area (Å²) in [6, 6.07) is 17.5. The van der Waals surface area contributed by atoms with Crippen LogP contribution in [0.4, 0.5) is 18.9 Å². The number of methoxy groups -OCH3 is 1. The van der Waals surface area contributed by atoms with E-state index < -0.39 is 11.7 Å². The van der Waals surface area contributed by atoms with Crippen molar-refractivity contribution in [2.45, 2.75) is 26.6 Å². The van der Waals surface area contributed by atoms with Crippen LogP contribution < -0.4 is 14.8 Å². The fourth-order valence-electron chi connectivity index (χ4n) is 4.09. The molecule has 0 bridgehead atoms. The van der Waals surface area contributed by atoms with Crippen LogP contribution in [0.3, 0.4) is 0 Å². The van der Waals surface area contributed by atoms with Crippen LogP contribution >= 0.6 is 0 Å². The molecule has 0 spiro atoms. The highest BCUT2D eigenvalue weighted by molar-refractivity contribution is 5.98. The highest BCUT2D eigenvalue weighted by atomic mass is 19.4. The summed E-state index contributed by atoms with van der Waals surface area (Å²) in [5, 5.41) is 3.86. The van der Waals surface area contributed by atoms with Gasteiger partial charge in [0.15, 0.2) is 11.5 Å². The van der Waals surface area contributed by atoms with Crippen LogP contribution in [0.25, 0.3) is 22.0 Å². The number of aromatic nitrogens is 1. The second-order valence-corrected chi connectivity index (χ2v) is 7.83. The predicted molar refractivity (Wildman–Crippen MR) is 128 cm³/mol. The number of para-hydroxylation sites is 2. The summed E-state index contributed by atoms with van der Waals surface area (Å²) >= 11 is 0. The van der Waals surface area contributed by atoms with Gasteiger partial charge in [-0.05, 0) is 54.8 Å². The summed E-state index contributed by atoms with van der Waals surface area (Å²) in [5.74, 6) is 1.35. The van der Waals surface area contributed by atoms with Crippen molar-refractivity contribution >= 4 is 16.6 Å². The third-order valence-corrected chi connectivity index (χ3v) is 5.60. The summed E-state index contributed by atoms with van der Waals surface area (Å²) in [7, 11) is 1.60. The van der Waals surface area contributed by atoms with E-state index in [1.165, 1.54) is 12.3 Å². The minimum atomic E-state index is -4.47. The number of ether oxygens (including phenoxy) is 2. The maximum absolute atomic E-state index is 13.6. The van der Waals surface area contributed by atoms with Gasteiger partial charge in [-0.15, -0.1) is 0 Å². The van der Waals surface area contributed by atoms with Gasteiger partial charge in [-0.2, -0.15) is 13.2 Å².